The van der Waals surface area contributed by atoms with Crippen molar-refractivity contribution in [2.45, 2.75) is 24.8 Å². The number of sulfone groups is 1. The molecule has 25 heavy (non-hydrogen) atoms. The Morgan fingerprint density at radius 2 is 2.12 bits per heavy atom. The molecular formula is C16H16N6O2S. The van der Waals surface area contributed by atoms with Gasteiger partial charge in [0.2, 0.25) is 0 Å². The van der Waals surface area contributed by atoms with Crippen LogP contribution in [0.3, 0.4) is 0 Å². The number of H-pyrrole nitrogens is 1. The van der Waals surface area contributed by atoms with Crippen LogP contribution in [0.5, 0.6) is 0 Å². The van der Waals surface area contributed by atoms with Gasteiger partial charge in [-0.3, -0.25) is 4.68 Å². The maximum atomic E-state index is 11.8. The SMILES string of the molecule is N#CCC1(n2cc(-c3ncnc4[nH]ccc34)cn2)CCS(=O)(=O)CC1. The first-order chi connectivity index (χ1) is 12.0. The van der Waals surface area contributed by atoms with Gasteiger partial charge in [-0.05, 0) is 18.9 Å². The summed E-state index contributed by atoms with van der Waals surface area (Å²) in [5, 5.41) is 14.6. The molecule has 0 atom stereocenters. The van der Waals surface area contributed by atoms with Crippen LogP contribution in [0.25, 0.3) is 22.3 Å². The molecule has 0 unspecified atom stereocenters. The number of aromatic nitrogens is 5. The maximum Gasteiger partial charge on any atom is 0.150 e. The van der Waals surface area contributed by atoms with E-state index in [9.17, 15) is 13.7 Å². The summed E-state index contributed by atoms with van der Waals surface area (Å²) in [5.41, 5.74) is 1.74. The van der Waals surface area contributed by atoms with E-state index in [4.69, 9.17) is 0 Å². The predicted octanol–water partition coefficient (Wildman–Crippen LogP) is 1.64. The molecule has 0 radical (unpaired) electrons. The van der Waals surface area contributed by atoms with Gasteiger partial charge < -0.3 is 4.98 Å². The van der Waals surface area contributed by atoms with E-state index in [0.29, 0.717) is 12.8 Å². The third kappa shape index (κ3) is 2.68. The molecule has 1 aliphatic heterocycles. The van der Waals surface area contributed by atoms with Crippen LogP contribution in [0, 0.1) is 11.3 Å². The van der Waals surface area contributed by atoms with Crippen LogP contribution in [-0.2, 0) is 15.4 Å². The van der Waals surface area contributed by atoms with E-state index in [1.54, 1.807) is 17.1 Å². The number of aromatic amines is 1. The van der Waals surface area contributed by atoms with Gasteiger partial charge >= 0.3 is 0 Å². The van der Waals surface area contributed by atoms with Crippen LogP contribution in [0.4, 0.5) is 0 Å². The normalized spacial score (nSPS) is 18.8. The highest BCUT2D eigenvalue weighted by molar-refractivity contribution is 7.91. The fourth-order valence-corrected chi connectivity index (χ4v) is 4.95. The second-order valence-electron chi connectivity index (χ2n) is 6.35. The van der Waals surface area contributed by atoms with Gasteiger partial charge in [-0.1, -0.05) is 0 Å². The van der Waals surface area contributed by atoms with E-state index in [2.05, 4.69) is 26.1 Å². The molecule has 3 aromatic heterocycles. The van der Waals surface area contributed by atoms with E-state index >= 15 is 0 Å². The minimum Gasteiger partial charge on any atom is -0.346 e. The third-order valence-electron chi connectivity index (χ3n) is 4.86. The molecule has 9 heteroatoms. The van der Waals surface area contributed by atoms with Crippen molar-refractivity contribution in [3.63, 3.8) is 0 Å². The van der Waals surface area contributed by atoms with Gasteiger partial charge in [0.15, 0.2) is 9.84 Å². The third-order valence-corrected chi connectivity index (χ3v) is 6.51. The lowest BCUT2D eigenvalue weighted by atomic mass is 9.89. The van der Waals surface area contributed by atoms with Crippen molar-refractivity contribution in [1.82, 2.24) is 24.7 Å². The average molecular weight is 356 g/mol. The number of hydrogen-bond acceptors (Lipinski definition) is 6. The van der Waals surface area contributed by atoms with Crippen molar-refractivity contribution in [3.05, 3.63) is 31.0 Å². The lowest BCUT2D eigenvalue weighted by Crippen LogP contribution is -2.42. The molecule has 4 rings (SSSR count). The van der Waals surface area contributed by atoms with Crippen molar-refractivity contribution in [2.75, 3.05) is 11.5 Å². The Morgan fingerprint density at radius 3 is 2.88 bits per heavy atom. The maximum absolute atomic E-state index is 11.8. The quantitative estimate of drug-likeness (QED) is 0.762. The number of fused-ring (bicyclic) bond motifs is 1. The molecule has 4 heterocycles. The van der Waals surface area contributed by atoms with Crippen molar-refractivity contribution in [1.29, 1.82) is 5.26 Å². The number of nitriles is 1. The fraction of sp³-hybridized carbons (Fsp3) is 0.375. The fourth-order valence-electron chi connectivity index (χ4n) is 3.36. The molecule has 3 aromatic rings. The minimum atomic E-state index is -3.02. The molecule has 0 saturated carbocycles. The zero-order valence-electron chi connectivity index (χ0n) is 13.4. The van der Waals surface area contributed by atoms with Gasteiger partial charge in [0.25, 0.3) is 0 Å². The summed E-state index contributed by atoms with van der Waals surface area (Å²) in [6.45, 7) is 0. The van der Waals surface area contributed by atoms with Crippen molar-refractivity contribution in [3.8, 4) is 17.3 Å². The summed E-state index contributed by atoms with van der Waals surface area (Å²) in [7, 11) is -3.02. The largest absolute Gasteiger partial charge is 0.346 e. The Bertz CT molecular complexity index is 1060. The molecule has 0 aromatic carbocycles. The van der Waals surface area contributed by atoms with Crippen LogP contribution in [0.2, 0.25) is 0 Å². The standard InChI is InChI=1S/C16H16N6O2S/c17-5-2-16(3-7-25(23,24)8-4-16)22-10-12(9-21-22)14-13-1-6-18-15(13)20-11-19-14/h1,6,9-11H,2-4,7-8H2,(H,18,19,20). The average Bonchev–Trinajstić information content (AvgIpc) is 3.26. The Labute approximate surface area is 144 Å². The van der Waals surface area contributed by atoms with Crippen LogP contribution >= 0.6 is 0 Å². The van der Waals surface area contributed by atoms with E-state index in [1.165, 1.54) is 6.33 Å². The predicted molar refractivity (Wildman–Crippen MR) is 91.2 cm³/mol. The lowest BCUT2D eigenvalue weighted by molar-refractivity contribution is 0.234. The molecule has 1 fully saturated rings. The molecular weight excluding hydrogens is 340 g/mol. The topological polar surface area (TPSA) is 117 Å². The van der Waals surface area contributed by atoms with Gasteiger partial charge in [-0.25, -0.2) is 18.4 Å². The summed E-state index contributed by atoms with van der Waals surface area (Å²) in [5.74, 6) is 0.166. The highest BCUT2D eigenvalue weighted by Crippen LogP contribution is 2.35. The molecule has 1 aliphatic rings. The first-order valence-corrected chi connectivity index (χ1v) is 9.76. The zero-order valence-corrected chi connectivity index (χ0v) is 14.2. The summed E-state index contributed by atoms with van der Waals surface area (Å²) >= 11 is 0. The molecule has 0 aliphatic carbocycles. The van der Waals surface area contributed by atoms with E-state index in [-0.39, 0.29) is 17.9 Å². The highest BCUT2D eigenvalue weighted by atomic mass is 32.2. The number of rotatable bonds is 3. The number of nitrogens with one attached hydrogen (secondary N) is 1. The Kier molecular flexibility index (Phi) is 3.58. The van der Waals surface area contributed by atoms with Gasteiger partial charge in [-0.15, -0.1) is 0 Å². The van der Waals surface area contributed by atoms with Crippen molar-refractivity contribution < 1.29 is 8.42 Å². The van der Waals surface area contributed by atoms with Crippen LogP contribution in [0.1, 0.15) is 19.3 Å². The Hall–Kier alpha value is -2.73. The first kappa shape index (κ1) is 15.8. The Balaban J connectivity index is 1.75. The lowest BCUT2D eigenvalue weighted by Gasteiger charge is -2.35. The number of nitrogens with zero attached hydrogens (tertiary/aromatic N) is 5. The molecule has 8 nitrogen and oxygen atoms in total. The van der Waals surface area contributed by atoms with Crippen LogP contribution < -0.4 is 0 Å². The van der Waals surface area contributed by atoms with Gasteiger partial charge in [-0.2, -0.15) is 10.4 Å². The molecule has 1 N–H and O–H groups in total. The molecule has 0 spiro atoms. The molecule has 0 bridgehead atoms. The molecule has 128 valence electrons. The van der Waals surface area contributed by atoms with Gasteiger partial charge in [0.1, 0.15) is 12.0 Å². The summed E-state index contributed by atoms with van der Waals surface area (Å²) in [4.78, 5) is 11.6. The summed E-state index contributed by atoms with van der Waals surface area (Å²) in [6.07, 6.45) is 7.87. The second-order valence-corrected chi connectivity index (χ2v) is 8.65. The van der Waals surface area contributed by atoms with E-state index < -0.39 is 15.4 Å². The van der Waals surface area contributed by atoms with Gasteiger partial charge in [0.05, 0.1) is 41.4 Å². The smallest absolute Gasteiger partial charge is 0.150 e. The summed E-state index contributed by atoms with van der Waals surface area (Å²) < 4.78 is 25.3. The highest BCUT2D eigenvalue weighted by Gasteiger charge is 2.39. The second kappa shape index (κ2) is 5.67. The first-order valence-electron chi connectivity index (χ1n) is 7.94. The molecule has 1 saturated heterocycles. The van der Waals surface area contributed by atoms with Crippen LogP contribution in [0.15, 0.2) is 31.0 Å². The van der Waals surface area contributed by atoms with Gasteiger partial charge in [0, 0.05) is 23.3 Å². The van der Waals surface area contributed by atoms with Crippen molar-refractivity contribution >= 4 is 20.9 Å². The minimum absolute atomic E-state index is 0.0828. The van der Waals surface area contributed by atoms with Crippen molar-refractivity contribution in [2.24, 2.45) is 0 Å². The zero-order chi connectivity index (χ0) is 17.5. The Morgan fingerprint density at radius 1 is 1.32 bits per heavy atom. The monoisotopic (exact) mass is 356 g/mol. The van der Waals surface area contributed by atoms with E-state index in [0.717, 1.165) is 22.3 Å². The molecule has 0 amide bonds. The van der Waals surface area contributed by atoms with E-state index in [1.807, 2.05) is 12.3 Å². The van der Waals surface area contributed by atoms with Crippen LogP contribution in [-0.4, -0.2) is 44.7 Å². The summed E-state index contributed by atoms with van der Waals surface area (Å²) in [6, 6.07) is 4.10. The number of hydrogen-bond donors (Lipinski definition) is 1.